The zero-order chi connectivity index (χ0) is 18.3. The van der Waals surface area contributed by atoms with Crippen molar-refractivity contribution in [2.75, 3.05) is 18.0 Å². The molecule has 26 heavy (non-hydrogen) atoms. The second-order valence-electron chi connectivity index (χ2n) is 7.98. The number of aromatic nitrogens is 3. The molecule has 0 spiro atoms. The molecule has 0 radical (unpaired) electrons. The molecule has 0 unspecified atom stereocenters. The van der Waals surface area contributed by atoms with Gasteiger partial charge in [0.05, 0.1) is 17.5 Å². The second kappa shape index (κ2) is 6.24. The van der Waals surface area contributed by atoms with Gasteiger partial charge in [-0.2, -0.15) is 0 Å². The van der Waals surface area contributed by atoms with Crippen LogP contribution in [0.15, 0.2) is 36.7 Å². The maximum absolute atomic E-state index is 12.7. The van der Waals surface area contributed by atoms with Crippen molar-refractivity contribution in [3.63, 3.8) is 0 Å². The first-order valence-electron chi connectivity index (χ1n) is 9.18. The molecule has 0 aliphatic carbocycles. The Labute approximate surface area is 153 Å². The number of benzene rings is 1. The minimum atomic E-state index is -0.456. The third kappa shape index (κ3) is 2.98. The van der Waals surface area contributed by atoms with Crippen molar-refractivity contribution in [1.29, 1.82) is 0 Å². The monoisotopic (exact) mass is 348 g/mol. The van der Waals surface area contributed by atoms with E-state index in [1.165, 1.54) is 18.5 Å². The molecule has 1 aliphatic heterocycles. The lowest BCUT2D eigenvalue weighted by atomic mass is 9.87. The second-order valence-corrected chi connectivity index (χ2v) is 7.98. The van der Waals surface area contributed by atoms with Crippen molar-refractivity contribution in [3.05, 3.63) is 42.2 Å². The van der Waals surface area contributed by atoms with Crippen molar-refractivity contribution >= 4 is 22.6 Å². The molecule has 5 nitrogen and oxygen atoms in total. The highest BCUT2D eigenvalue weighted by molar-refractivity contribution is 6.08. The largest absolute Gasteiger partial charge is 0.372 e. The Kier molecular flexibility index (Phi) is 4.02. The van der Waals surface area contributed by atoms with E-state index in [0.29, 0.717) is 16.7 Å². The van der Waals surface area contributed by atoms with Crippen LogP contribution in [0.25, 0.3) is 22.4 Å². The number of rotatable bonds is 3. The van der Waals surface area contributed by atoms with Crippen LogP contribution in [0, 0.1) is 5.41 Å². The number of hydrogen-bond donors (Lipinski definition) is 1. The average Bonchev–Trinajstić information content (AvgIpc) is 3.29. The SMILES string of the molecule is CC(C)(C)C(=O)c1c[nH]c2ncc(-c3cccc(N4CCCC4)c3)nc12. The third-order valence-corrected chi connectivity index (χ3v) is 4.92. The van der Waals surface area contributed by atoms with E-state index in [-0.39, 0.29) is 5.78 Å². The van der Waals surface area contributed by atoms with Gasteiger partial charge in [-0.25, -0.2) is 9.97 Å². The molecule has 3 heterocycles. The average molecular weight is 348 g/mol. The lowest BCUT2D eigenvalue weighted by Crippen LogP contribution is -2.20. The van der Waals surface area contributed by atoms with Crippen LogP contribution < -0.4 is 4.90 Å². The highest BCUT2D eigenvalue weighted by Crippen LogP contribution is 2.29. The van der Waals surface area contributed by atoms with E-state index in [2.05, 4.69) is 33.1 Å². The summed E-state index contributed by atoms with van der Waals surface area (Å²) in [5, 5.41) is 0. The van der Waals surface area contributed by atoms with Gasteiger partial charge in [0, 0.05) is 36.0 Å². The molecule has 134 valence electrons. The van der Waals surface area contributed by atoms with E-state index >= 15 is 0 Å². The fourth-order valence-corrected chi connectivity index (χ4v) is 3.44. The van der Waals surface area contributed by atoms with Crippen molar-refractivity contribution in [3.8, 4) is 11.3 Å². The molecule has 1 N–H and O–H groups in total. The Hall–Kier alpha value is -2.69. The fourth-order valence-electron chi connectivity index (χ4n) is 3.44. The molecular weight excluding hydrogens is 324 g/mol. The fraction of sp³-hybridized carbons (Fsp3) is 0.381. The lowest BCUT2D eigenvalue weighted by Gasteiger charge is -2.18. The lowest BCUT2D eigenvalue weighted by molar-refractivity contribution is 0.0860. The first kappa shape index (κ1) is 16.8. The van der Waals surface area contributed by atoms with Gasteiger partial charge in [-0.05, 0) is 25.0 Å². The molecule has 5 heteroatoms. The number of nitrogens with zero attached hydrogens (tertiary/aromatic N) is 3. The smallest absolute Gasteiger partial charge is 0.171 e. The number of nitrogens with one attached hydrogen (secondary N) is 1. The van der Waals surface area contributed by atoms with E-state index in [9.17, 15) is 4.79 Å². The first-order valence-corrected chi connectivity index (χ1v) is 9.18. The standard InChI is InChI=1S/C21H24N4O/c1-21(2,3)19(26)16-12-22-20-18(16)24-17(13-23-20)14-7-6-8-15(11-14)25-9-4-5-10-25/h6-8,11-13H,4-5,9-10H2,1-3H3,(H,22,23). The Morgan fingerprint density at radius 1 is 1.19 bits per heavy atom. The highest BCUT2D eigenvalue weighted by atomic mass is 16.1. The van der Waals surface area contributed by atoms with Gasteiger partial charge in [0.15, 0.2) is 11.4 Å². The Bertz CT molecular complexity index is 962. The predicted octanol–water partition coefficient (Wildman–Crippen LogP) is 4.45. The summed E-state index contributed by atoms with van der Waals surface area (Å²) >= 11 is 0. The van der Waals surface area contributed by atoms with Crippen LogP contribution in [0.5, 0.6) is 0 Å². The van der Waals surface area contributed by atoms with Gasteiger partial charge in [0.2, 0.25) is 0 Å². The van der Waals surface area contributed by atoms with Crippen LogP contribution in [0.3, 0.4) is 0 Å². The normalized spacial score (nSPS) is 15.0. The molecule has 1 aliphatic rings. The molecule has 1 saturated heterocycles. The van der Waals surface area contributed by atoms with Gasteiger partial charge in [0.1, 0.15) is 5.52 Å². The van der Waals surface area contributed by atoms with Gasteiger partial charge in [0.25, 0.3) is 0 Å². The zero-order valence-electron chi connectivity index (χ0n) is 15.5. The van der Waals surface area contributed by atoms with Crippen LogP contribution in [0.4, 0.5) is 5.69 Å². The number of hydrogen-bond acceptors (Lipinski definition) is 4. The summed E-state index contributed by atoms with van der Waals surface area (Å²) in [5.41, 5.74) is 4.49. The minimum Gasteiger partial charge on any atom is -0.372 e. The molecular formula is C21H24N4O. The Balaban J connectivity index is 1.76. The molecule has 0 saturated carbocycles. The molecule has 0 amide bonds. The Morgan fingerprint density at radius 2 is 1.96 bits per heavy atom. The van der Waals surface area contributed by atoms with Crippen molar-refractivity contribution in [2.45, 2.75) is 33.6 Å². The molecule has 1 aromatic carbocycles. The predicted molar refractivity (Wildman–Crippen MR) is 105 cm³/mol. The van der Waals surface area contributed by atoms with Gasteiger partial charge in [-0.15, -0.1) is 0 Å². The topological polar surface area (TPSA) is 61.9 Å². The maximum Gasteiger partial charge on any atom is 0.171 e. The van der Waals surface area contributed by atoms with Crippen molar-refractivity contribution in [2.24, 2.45) is 5.41 Å². The van der Waals surface area contributed by atoms with Crippen LogP contribution in [-0.4, -0.2) is 33.8 Å². The number of carbonyl (C=O) groups excluding carboxylic acids is 1. The highest BCUT2D eigenvalue weighted by Gasteiger charge is 2.26. The van der Waals surface area contributed by atoms with Crippen molar-refractivity contribution < 1.29 is 4.79 Å². The van der Waals surface area contributed by atoms with E-state index in [1.54, 1.807) is 12.4 Å². The molecule has 1 fully saturated rings. The summed E-state index contributed by atoms with van der Waals surface area (Å²) in [6.07, 6.45) is 5.99. The Morgan fingerprint density at radius 3 is 2.69 bits per heavy atom. The maximum atomic E-state index is 12.7. The van der Waals surface area contributed by atoms with Crippen molar-refractivity contribution in [1.82, 2.24) is 15.0 Å². The molecule has 4 rings (SSSR count). The molecule has 0 atom stereocenters. The number of Topliss-reactive ketones (excluding diaryl/α,β-unsaturated/α-hetero) is 1. The zero-order valence-corrected chi connectivity index (χ0v) is 15.5. The first-order chi connectivity index (χ1) is 12.4. The van der Waals surface area contributed by atoms with Gasteiger partial charge in [-0.3, -0.25) is 4.79 Å². The summed E-state index contributed by atoms with van der Waals surface area (Å²) < 4.78 is 0. The number of carbonyl (C=O) groups is 1. The van der Waals surface area contributed by atoms with Gasteiger partial charge in [-0.1, -0.05) is 32.9 Å². The van der Waals surface area contributed by atoms with Crippen LogP contribution in [0.1, 0.15) is 44.0 Å². The number of anilines is 1. The summed E-state index contributed by atoms with van der Waals surface area (Å²) in [6, 6.07) is 8.42. The number of fused-ring (bicyclic) bond motifs is 1. The van der Waals surface area contributed by atoms with Gasteiger partial charge >= 0.3 is 0 Å². The molecule has 2 aromatic heterocycles. The van der Waals surface area contributed by atoms with Crippen LogP contribution >= 0.6 is 0 Å². The molecule has 0 bridgehead atoms. The van der Waals surface area contributed by atoms with Gasteiger partial charge < -0.3 is 9.88 Å². The van der Waals surface area contributed by atoms with E-state index in [1.807, 2.05) is 26.8 Å². The summed E-state index contributed by atoms with van der Waals surface area (Å²) in [7, 11) is 0. The van der Waals surface area contributed by atoms with Crippen LogP contribution in [-0.2, 0) is 0 Å². The minimum absolute atomic E-state index is 0.0704. The van der Waals surface area contributed by atoms with E-state index in [0.717, 1.165) is 24.3 Å². The summed E-state index contributed by atoms with van der Waals surface area (Å²) in [4.78, 5) is 27.5. The van der Waals surface area contributed by atoms with E-state index in [4.69, 9.17) is 4.98 Å². The number of H-pyrrole nitrogens is 1. The molecule has 3 aromatic rings. The number of ketones is 1. The summed E-state index contributed by atoms with van der Waals surface area (Å²) in [6.45, 7) is 7.98. The van der Waals surface area contributed by atoms with E-state index < -0.39 is 5.41 Å². The quantitative estimate of drug-likeness (QED) is 0.710. The van der Waals surface area contributed by atoms with Crippen LogP contribution in [0.2, 0.25) is 0 Å². The third-order valence-electron chi connectivity index (χ3n) is 4.92. The summed E-state index contributed by atoms with van der Waals surface area (Å²) in [5.74, 6) is 0.0704. The number of aromatic amines is 1.